The second-order valence-corrected chi connectivity index (χ2v) is 6.45. The second-order valence-electron chi connectivity index (χ2n) is 6.45. The van der Waals surface area contributed by atoms with Crippen molar-refractivity contribution < 1.29 is 0 Å². The van der Waals surface area contributed by atoms with Gasteiger partial charge in [-0.3, -0.25) is 0 Å². The zero-order valence-electron chi connectivity index (χ0n) is 12.8. The Morgan fingerprint density at radius 1 is 1.16 bits per heavy atom. The van der Waals surface area contributed by atoms with E-state index in [1.807, 2.05) is 0 Å². The Hall–Kier alpha value is -0.820. The maximum atomic E-state index is 3.70. The van der Waals surface area contributed by atoms with Gasteiger partial charge in [-0.25, -0.2) is 0 Å². The topological polar surface area (TPSA) is 12.0 Å². The Kier molecular flexibility index (Phi) is 5.45. The van der Waals surface area contributed by atoms with Crippen LogP contribution in [-0.4, -0.2) is 6.54 Å². The molecule has 106 valence electrons. The van der Waals surface area contributed by atoms with Crippen molar-refractivity contribution in [3.8, 4) is 0 Å². The molecule has 0 saturated heterocycles. The van der Waals surface area contributed by atoms with E-state index < -0.39 is 0 Å². The summed E-state index contributed by atoms with van der Waals surface area (Å²) in [6.45, 7) is 8.05. The molecule has 2 rings (SSSR count). The van der Waals surface area contributed by atoms with E-state index in [2.05, 4.69) is 50.4 Å². The van der Waals surface area contributed by atoms with Crippen molar-refractivity contribution in [2.24, 2.45) is 11.8 Å². The number of rotatable bonds is 5. The van der Waals surface area contributed by atoms with Crippen LogP contribution in [-0.2, 0) is 0 Å². The monoisotopic (exact) mass is 259 g/mol. The number of benzene rings is 1. The zero-order chi connectivity index (χ0) is 13.7. The van der Waals surface area contributed by atoms with Crippen LogP contribution in [0.1, 0.15) is 63.1 Å². The van der Waals surface area contributed by atoms with E-state index in [9.17, 15) is 0 Å². The first kappa shape index (κ1) is 14.6. The lowest BCUT2D eigenvalue weighted by molar-refractivity contribution is 0.273. The summed E-state index contributed by atoms with van der Waals surface area (Å²) in [5.74, 6) is 1.93. The minimum atomic E-state index is 0.476. The first-order valence-corrected chi connectivity index (χ1v) is 7.95. The minimum absolute atomic E-state index is 0.476. The summed E-state index contributed by atoms with van der Waals surface area (Å²) < 4.78 is 0. The van der Waals surface area contributed by atoms with Crippen molar-refractivity contribution in [3.63, 3.8) is 0 Å². The van der Waals surface area contributed by atoms with E-state index in [-0.39, 0.29) is 0 Å². The molecule has 0 aliphatic heterocycles. The van der Waals surface area contributed by atoms with Gasteiger partial charge in [0.25, 0.3) is 0 Å². The fourth-order valence-electron chi connectivity index (χ4n) is 3.30. The molecule has 1 unspecified atom stereocenters. The van der Waals surface area contributed by atoms with Crippen LogP contribution in [0.4, 0.5) is 0 Å². The molecule has 1 atom stereocenters. The van der Waals surface area contributed by atoms with Gasteiger partial charge in [-0.05, 0) is 49.8 Å². The molecule has 0 aromatic heterocycles. The lowest BCUT2D eigenvalue weighted by Crippen LogP contribution is -2.24. The second kappa shape index (κ2) is 7.09. The molecule has 0 heterocycles. The largest absolute Gasteiger partial charge is 0.310 e. The molecule has 0 radical (unpaired) electrons. The van der Waals surface area contributed by atoms with Crippen molar-refractivity contribution in [2.75, 3.05) is 6.54 Å². The molecule has 19 heavy (non-hydrogen) atoms. The van der Waals surface area contributed by atoms with Gasteiger partial charge in [-0.1, -0.05) is 56.9 Å². The molecular formula is C18H29N. The Bertz CT molecular complexity index is 377. The molecule has 1 fully saturated rings. The van der Waals surface area contributed by atoms with Crippen molar-refractivity contribution in [2.45, 2.75) is 58.9 Å². The highest BCUT2D eigenvalue weighted by Gasteiger charge is 2.18. The third-order valence-corrected chi connectivity index (χ3v) is 4.79. The Balaban J connectivity index is 1.72. The van der Waals surface area contributed by atoms with Crippen LogP contribution in [0.5, 0.6) is 0 Å². The lowest BCUT2D eigenvalue weighted by Gasteiger charge is -2.26. The standard InChI is InChI=1S/C18H29N/c1-14-8-10-17(11-9-14)12-13-19-16(3)18-7-5-4-6-15(18)2/h4-7,14,16-17,19H,8-13H2,1-3H3. The van der Waals surface area contributed by atoms with Gasteiger partial charge in [-0.2, -0.15) is 0 Å². The minimum Gasteiger partial charge on any atom is -0.310 e. The van der Waals surface area contributed by atoms with Crippen molar-refractivity contribution in [3.05, 3.63) is 35.4 Å². The molecule has 1 aromatic rings. The smallest absolute Gasteiger partial charge is 0.0294 e. The Morgan fingerprint density at radius 2 is 1.84 bits per heavy atom. The van der Waals surface area contributed by atoms with Gasteiger partial charge in [0.1, 0.15) is 0 Å². The first-order valence-electron chi connectivity index (χ1n) is 7.95. The predicted molar refractivity (Wildman–Crippen MR) is 83.3 cm³/mol. The lowest BCUT2D eigenvalue weighted by atomic mass is 9.81. The van der Waals surface area contributed by atoms with Crippen LogP contribution < -0.4 is 5.32 Å². The molecule has 1 heteroatoms. The highest BCUT2D eigenvalue weighted by molar-refractivity contribution is 5.28. The van der Waals surface area contributed by atoms with Crippen LogP contribution in [0.25, 0.3) is 0 Å². The van der Waals surface area contributed by atoms with Gasteiger partial charge in [0.15, 0.2) is 0 Å². The quantitative estimate of drug-likeness (QED) is 0.796. The van der Waals surface area contributed by atoms with Crippen LogP contribution in [0, 0.1) is 18.8 Å². The Morgan fingerprint density at radius 3 is 2.53 bits per heavy atom. The SMILES string of the molecule is Cc1ccccc1C(C)NCCC1CCC(C)CC1. The van der Waals surface area contributed by atoms with E-state index >= 15 is 0 Å². The van der Waals surface area contributed by atoms with Crippen LogP contribution in [0.3, 0.4) is 0 Å². The number of nitrogens with one attached hydrogen (secondary N) is 1. The third-order valence-electron chi connectivity index (χ3n) is 4.79. The summed E-state index contributed by atoms with van der Waals surface area (Å²) in [6.07, 6.45) is 7.13. The molecule has 1 saturated carbocycles. The summed E-state index contributed by atoms with van der Waals surface area (Å²) in [6, 6.07) is 9.19. The highest BCUT2D eigenvalue weighted by Crippen LogP contribution is 2.30. The van der Waals surface area contributed by atoms with Gasteiger partial charge in [0.2, 0.25) is 0 Å². The van der Waals surface area contributed by atoms with Crippen molar-refractivity contribution in [1.82, 2.24) is 5.32 Å². The van der Waals surface area contributed by atoms with Crippen LogP contribution in [0.15, 0.2) is 24.3 Å². The summed E-state index contributed by atoms with van der Waals surface area (Å²) in [4.78, 5) is 0. The van der Waals surface area contributed by atoms with E-state index in [1.54, 1.807) is 0 Å². The molecule has 0 amide bonds. The average Bonchev–Trinajstić information content (AvgIpc) is 2.41. The highest BCUT2D eigenvalue weighted by atomic mass is 14.9. The molecule has 1 nitrogen and oxygen atoms in total. The summed E-state index contributed by atoms with van der Waals surface area (Å²) in [7, 11) is 0. The predicted octanol–water partition coefficient (Wildman–Crippen LogP) is 4.86. The van der Waals surface area contributed by atoms with E-state index in [1.165, 1.54) is 43.2 Å². The Labute approximate surface area is 118 Å². The van der Waals surface area contributed by atoms with Gasteiger partial charge < -0.3 is 5.32 Å². The van der Waals surface area contributed by atoms with Crippen molar-refractivity contribution >= 4 is 0 Å². The average molecular weight is 259 g/mol. The molecular weight excluding hydrogens is 230 g/mol. The summed E-state index contributed by atoms with van der Waals surface area (Å²) in [5.41, 5.74) is 2.84. The number of hydrogen-bond donors (Lipinski definition) is 1. The molecule has 1 aromatic carbocycles. The zero-order valence-corrected chi connectivity index (χ0v) is 12.8. The fourth-order valence-corrected chi connectivity index (χ4v) is 3.30. The molecule has 1 N–H and O–H groups in total. The fraction of sp³-hybridized carbons (Fsp3) is 0.667. The maximum absolute atomic E-state index is 3.70. The summed E-state index contributed by atoms with van der Waals surface area (Å²) in [5, 5.41) is 3.70. The van der Waals surface area contributed by atoms with Crippen molar-refractivity contribution in [1.29, 1.82) is 0 Å². The van der Waals surface area contributed by atoms with E-state index in [4.69, 9.17) is 0 Å². The molecule has 1 aliphatic rings. The van der Waals surface area contributed by atoms with Gasteiger partial charge in [-0.15, -0.1) is 0 Å². The number of aryl methyl sites for hydroxylation is 1. The van der Waals surface area contributed by atoms with E-state index in [0.29, 0.717) is 6.04 Å². The molecule has 0 spiro atoms. The van der Waals surface area contributed by atoms with E-state index in [0.717, 1.165) is 18.4 Å². The third kappa shape index (κ3) is 4.35. The number of hydrogen-bond acceptors (Lipinski definition) is 1. The van der Waals surface area contributed by atoms with Gasteiger partial charge in [0.05, 0.1) is 0 Å². The van der Waals surface area contributed by atoms with Crippen LogP contribution in [0.2, 0.25) is 0 Å². The normalized spacial score (nSPS) is 25.2. The molecule has 0 bridgehead atoms. The molecule has 1 aliphatic carbocycles. The van der Waals surface area contributed by atoms with Gasteiger partial charge in [0, 0.05) is 6.04 Å². The first-order chi connectivity index (χ1) is 9.16. The summed E-state index contributed by atoms with van der Waals surface area (Å²) >= 11 is 0. The van der Waals surface area contributed by atoms with Gasteiger partial charge >= 0.3 is 0 Å². The van der Waals surface area contributed by atoms with Crippen LogP contribution >= 0.6 is 0 Å². The maximum Gasteiger partial charge on any atom is 0.0294 e.